The van der Waals surface area contributed by atoms with Gasteiger partial charge in [-0.2, -0.15) is 10.2 Å². The van der Waals surface area contributed by atoms with Gasteiger partial charge in [0.15, 0.2) is 0 Å². The average Bonchev–Trinajstić information content (AvgIpc) is 2.82. The van der Waals surface area contributed by atoms with E-state index in [-0.39, 0.29) is 18.6 Å². The van der Waals surface area contributed by atoms with Crippen molar-refractivity contribution in [2.75, 3.05) is 6.54 Å². The fraction of sp³-hybridized carbons (Fsp3) is 0.444. The standard InChI is InChI=1S/C9H11N5O3S/c10-8(15)4-13-6-2-12-3-7(5(6)1-11-13)14(17-18)9(12)16/h1,7,18H,2-4H2,(H2,10,15). The van der Waals surface area contributed by atoms with Crippen LogP contribution in [0.15, 0.2) is 6.20 Å². The molecular formula is C9H11N5O3S. The Morgan fingerprint density at radius 3 is 3.11 bits per heavy atom. The summed E-state index contributed by atoms with van der Waals surface area (Å²) in [6.45, 7) is 0.937. The summed E-state index contributed by atoms with van der Waals surface area (Å²) >= 11 is 3.69. The SMILES string of the molecule is NC(=O)Cn1ncc2c1CN1CC2N(OS)C1=O. The molecule has 0 radical (unpaired) electrons. The van der Waals surface area contributed by atoms with Crippen LogP contribution in [0.25, 0.3) is 0 Å². The number of rotatable bonds is 3. The van der Waals surface area contributed by atoms with Gasteiger partial charge in [-0.15, -0.1) is 0 Å². The minimum absolute atomic E-state index is 0.00577. The Morgan fingerprint density at radius 1 is 1.67 bits per heavy atom. The Kier molecular flexibility index (Phi) is 2.45. The Labute approximate surface area is 108 Å². The number of carbonyl (C=O) groups excluding carboxylic acids is 2. The normalized spacial score (nSPS) is 21.4. The molecule has 0 aliphatic carbocycles. The number of nitrogens with two attached hydrogens (primary N) is 1. The van der Waals surface area contributed by atoms with E-state index in [1.807, 2.05) is 0 Å². The van der Waals surface area contributed by atoms with Crippen LogP contribution in [0.1, 0.15) is 17.3 Å². The molecule has 2 aliphatic heterocycles. The summed E-state index contributed by atoms with van der Waals surface area (Å²) in [4.78, 5) is 24.4. The molecule has 1 aromatic heterocycles. The lowest BCUT2D eigenvalue weighted by molar-refractivity contribution is -0.118. The lowest BCUT2D eigenvalue weighted by Gasteiger charge is -2.22. The first-order chi connectivity index (χ1) is 8.61. The molecule has 18 heavy (non-hydrogen) atoms. The van der Waals surface area contributed by atoms with Gasteiger partial charge in [-0.3, -0.25) is 9.48 Å². The van der Waals surface area contributed by atoms with Crippen molar-refractivity contribution >= 4 is 24.8 Å². The fourth-order valence-corrected chi connectivity index (χ4v) is 2.61. The maximum absolute atomic E-state index is 11.9. The van der Waals surface area contributed by atoms with E-state index in [4.69, 9.17) is 10.0 Å². The number of hydrogen-bond donors (Lipinski definition) is 2. The molecule has 1 aromatic rings. The number of urea groups is 1. The van der Waals surface area contributed by atoms with E-state index in [0.29, 0.717) is 13.1 Å². The highest BCUT2D eigenvalue weighted by Gasteiger charge is 2.45. The van der Waals surface area contributed by atoms with Crippen molar-refractivity contribution < 1.29 is 13.9 Å². The monoisotopic (exact) mass is 269 g/mol. The van der Waals surface area contributed by atoms with E-state index in [1.54, 1.807) is 11.1 Å². The minimum atomic E-state index is -0.470. The van der Waals surface area contributed by atoms with E-state index in [0.717, 1.165) is 11.3 Å². The first-order valence-electron chi connectivity index (χ1n) is 5.34. The summed E-state index contributed by atoms with van der Waals surface area (Å²) in [6.07, 6.45) is 1.64. The van der Waals surface area contributed by atoms with Gasteiger partial charge in [0, 0.05) is 18.5 Å². The number of nitrogens with zero attached hydrogens (tertiary/aromatic N) is 4. The van der Waals surface area contributed by atoms with E-state index in [9.17, 15) is 9.59 Å². The van der Waals surface area contributed by atoms with Gasteiger partial charge in [0.2, 0.25) is 5.91 Å². The third kappa shape index (κ3) is 1.47. The predicted molar refractivity (Wildman–Crippen MR) is 61.9 cm³/mol. The molecule has 1 saturated heterocycles. The number of hydrogen-bond acceptors (Lipinski definition) is 5. The zero-order chi connectivity index (χ0) is 12.9. The van der Waals surface area contributed by atoms with Crippen LogP contribution >= 0.6 is 12.9 Å². The van der Waals surface area contributed by atoms with Crippen molar-refractivity contribution in [1.29, 1.82) is 0 Å². The molecule has 0 aromatic carbocycles. The molecule has 2 N–H and O–H groups in total. The zero-order valence-electron chi connectivity index (χ0n) is 9.31. The molecule has 1 atom stereocenters. The second-order valence-corrected chi connectivity index (χ2v) is 4.42. The molecule has 3 rings (SSSR count). The first-order valence-corrected chi connectivity index (χ1v) is 5.71. The molecule has 2 bridgehead atoms. The lowest BCUT2D eigenvalue weighted by atomic mass is 10.1. The van der Waals surface area contributed by atoms with Crippen LogP contribution in [0.2, 0.25) is 0 Å². The van der Waals surface area contributed by atoms with Crippen molar-refractivity contribution in [3.8, 4) is 0 Å². The summed E-state index contributed by atoms with van der Waals surface area (Å²) in [5.41, 5.74) is 6.83. The van der Waals surface area contributed by atoms with Gasteiger partial charge >= 0.3 is 6.03 Å². The van der Waals surface area contributed by atoms with Gasteiger partial charge in [-0.05, 0) is 0 Å². The van der Waals surface area contributed by atoms with Crippen LogP contribution in [0.5, 0.6) is 0 Å². The molecule has 3 amide bonds. The highest BCUT2D eigenvalue weighted by atomic mass is 32.1. The first kappa shape index (κ1) is 11.4. The quantitative estimate of drug-likeness (QED) is 0.568. The smallest absolute Gasteiger partial charge is 0.345 e. The molecular weight excluding hydrogens is 258 g/mol. The number of fused-ring (bicyclic) bond motifs is 4. The van der Waals surface area contributed by atoms with Crippen molar-refractivity contribution in [2.45, 2.75) is 19.1 Å². The van der Waals surface area contributed by atoms with Crippen LogP contribution in [0.3, 0.4) is 0 Å². The van der Waals surface area contributed by atoms with Gasteiger partial charge in [0.05, 0.1) is 25.0 Å². The number of thiol groups is 1. The van der Waals surface area contributed by atoms with E-state index in [2.05, 4.69) is 18.0 Å². The van der Waals surface area contributed by atoms with Crippen LogP contribution < -0.4 is 5.73 Å². The third-order valence-corrected chi connectivity index (χ3v) is 3.39. The number of carbonyl (C=O) groups is 2. The summed E-state index contributed by atoms with van der Waals surface area (Å²) in [5.74, 6) is -0.470. The van der Waals surface area contributed by atoms with Crippen molar-refractivity contribution in [3.05, 3.63) is 17.5 Å². The van der Waals surface area contributed by atoms with E-state index >= 15 is 0 Å². The maximum atomic E-state index is 11.9. The molecule has 2 aliphatic rings. The molecule has 8 nitrogen and oxygen atoms in total. The molecule has 0 saturated carbocycles. The van der Waals surface area contributed by atoms with E-state index < -0.39 is 5.91 Å². The van der Waals surface area contributed by atoms with Crippen molar-refractivity contribution in [3.63, 3.8) is 0 Å². The van der Waals surface area contributed by atoms with Crippen molar-refractivity contribution in [1.82, 2.24) is 19.7 Å². The number of aromatic nitrogens is 2. The maximum Gasteiger partial charge on any atom is 0.345 e. The number of hydroxylamine groups is 2. The topological polar surface area (TPSA) is 93.7 Å². The molecule has 0 spiro atoms. The van der Waals surface area contributed by atoms with E-state index in [1.165, 1.54) is 9.75 Å². The summed E-state index contributed by atoms with van der Waals surface area (Å²) < 4.78 is 6.31. The third-order valence-electron chi connectivity index (χ3n) is 3.21. The van der Waals surface area contributed by atoms with Gasteiger partial charge < -0.3 is 10.6 Å². The Hall–Kier alpha value is -1.74. The Morgan fingerprint density at radius 2 is 2.44 bits per heavy atom. The summed E-state index contributed by atoms with van der Waals surface area (Å²) in [5, 5.41) is 5.32. The van der Waals surface area contributed by atoms with Crippen LogP contribution in [0.4, 0.5) is 4.79 Å². The summed E-state index contributed by atoms with van der Waals surface area (Å²) in [6, 6.07) is -0.475. The van der Waals surface area contributed by atoms with Crippen molar-refractivity contribution in [2.24, 2.45) is 5.73 Å². The second-order valence-electron chi connectivity index (χ2n) is 4.26. The van der Waals surface area contributed by atoms with Crippen LogP contribution in [-0.4, -0.2) is 38.2 Å². The second kappa shape index (κ2) is 3.89. The summed E-state index contributed by atoms with van der Waals surface area (Å²) in [7, 11) is 0. The zero-order valence-corrected chi connectivity index (χ0v) is 10.2. The molecule has 3 heterocycles. The minimum Gasteiger partial charge on any atom is -0.368 e. The molecule has 1 fully saturated rings. The van der Waals surface area contributed by atoms with Crippen LogP contribution in [-0.2, 0) is 22.2 Å². The highest BCUT2D eigenvalue weighted by molar-refractivity contribution is 7.75. The molecule has 1 unspecified atom stereocenters. The fourth-order valence-electron chi connectivity index (χ4n) is 2.42. The highest BCUT2D eigenvalue weighted by Crippen LogP contribution is 2.37. The largest absolute Gasteiger partial charge is 0.368 e. The van der Waals surface area contributed by atoms with Gasteiger partial charge in [-0.25, -0.2) is 9.08 Å². The van der Waals surface area contributed by atoms with Gasteiger partial charge in [0.25, 0.3) is 0 Å². The van der Waals surface area contributed by atoms with Gasteiger partial charge in [0.1, 0.15) is 12.6 Å². The number of primary amides is 1. The predicted octanol–water partition coefficient (Wildman–Crippen LogP) is -0.563. The Balaban J connectivity index is 1.99. The lowest BCUT2D eigenvalue weighted by Crippen LogP contribution is -2.31. The van der Waals surface area contributed by atoms with Gasteiger partial charge in [-0.1, -0.05) is 0 Å². The van der Waals surface area contributed by atoms with Crippen LogP contribution in [0, 0.1) is 0 Å². The average molecular weight is 269 g/mol. The number of amides is 3. The Bertz CT molecular complexity index is 530. The molecule has 96 valence electrons. The molecule has 9 heteroatoms.